The highest BCUT2D eigenvalue weighted by Crippen LogP contribution is 2.36. The topological polar surface area (TPSA) is 84.9 Å². The number of hydrogen-bond acceptors (Lipinski definition) is 5. The second-order valence-corrected chi connectivity index (χ2v) is 9.44. The molecular weight excluding hydrogens is 456 g/mol. The van der Waals surface area contributed by atoms with Gasteiger partial charge in [0.15, 0.2) is 6.61 Å². The highest BCUT2D eigenvalue weighted by molar-refractivity contribution is 5.99. The van der Waals surface area contributed by atoms with Crippen LogP contribution in [0.3, 0.4) is 0 Å². The molecule has 7 heteroatoms. The molecule has 2 amide bonds. The van der Waals surface area contributed by atoms with Gasteiger partial charge in [0.25, 0.3) is 5.91 Å². The first-order valence-corrected chi connectivity index (χ1v) is 12.7. The molecule has 1 N–H and O–H groups in total. The molecule has 36 heavy (non-hydrogen) atoms. The first-order chi connectivity index (χ1) is 17.5. The summed E-state index contributed by atoms with van der Waals surface area (Å²) in [6, 6.07) is 16.2. The number of rotatable bonds is 9. The van der Waals surface area contributed by atoms with Crippen LogP contribution in [-0.2, 0) is 19.1 Å². The molecule has 7 nitrogen and oxygen atoms in total. The van der Waals surface area contributed by atoms with E-state index in [2.05, 4.69) is 5.32 Å². The van der Waals surface area contributed by atoms with Crippen molar-refractivity contribution in [1.82, 2.24) is 4.90 Å². The fraction of sp³-hybridized carbons (Fsp3) is 0.414. The van der Waals surface area contributed by atoms with Gasteiger partial charge >= 0.3 is 5.97 Å². The van der Waals surface area contributed by atoms with E-state index in [0.29, 0.717) is 28.8 Å². The summed E-state index contributed by atoms with van der Waals surface area (Å²) in [4.78, 5) is 39.7. The fourth-order valence-corrected chi connectivity index (χ4v) is 5.02. The van der Waals surface area contributed by atoms with E-state index in [4.69, 9.17) is 9.47 Å². The first-order valence-electron chi connectivity index (χ1n) is 12.7. The Balaban J connectivity index is 1.35. The van der Waals surface area contributed by atoms with Crippen molar-refractivity contribution in [1.29, 1.82) is 0 Å². The molecule has 4 rings (SSSR count). The van der Waals surface area contributed by atoms with Crippen LogP contribution in [0.1, 0.15) is 44.6 Å². The molecule has 1 aliphatic carbocycles. The third kappa shape index (κ3) is 6.97. The lowest BCUT2D eigenvalue weighted by molar-refractivity contribution is -0.140. The molecule has 190 valence electrons. The number of benzene rings is 2. The number of nitrogens with zero attached hydrogens (tertiary/aromatic N) is 1. The molecule has 2 fully saturated rings. The second-order valence-electron chi connectivity index (χ2n) is 9.44. The molecule has 2 aromatic carbocycles. The number of amides is 2. The summed E-state index contributed by atoms with van der Waals surface area (Å²) in [7, 11) is 0. The number of anilines is 1. The molecule has 2 atom stereocenters. The van der Waals surface area contributed by atoms with Gasteiger partial charge in [0.1, 0.15) is 5.75 Å². The normalized spacial score (nSPS) is 19.4. The molecule has 2 aliphatic rings. The molecule has 1 saturated carbocycles. The molecule has 2 aromatic rings. The lowest BCUT2D eigenvalue weighted by Crippen LogP contribution is -2.30. The summed E-state index contributed by atoms with van der Waals surface area (Å²) in [6.07, 6.45) is 6.60. The minimum Gasteiger partial charge on any atom is -0.484 e. The number of fused-ring (bicyclic) bond motifs is 1. The number of nitrogens with one attached hydrogen (secondary N) is 1. The van der Waals surface area contributed by atoms with E-state index in [-0.39, 0.29) is 31.4 Å². The maximum absolute atomic E-state index is 13.1. The average Bonchev–Trinajstić information content (AvgIpc) is 3.33. The van der Waals surface area contributed by atoms with Crippen LogP contribution in [0.25, 0.3) is 6.08 Å². The van der Waals surface area contributed by atoms with Crippen molar-refractivity contribution in [3.8, 4) is 5.75 Å². The summed E-state index contributed by atoms with van der Waals surface area (Å²) < 4.78 is 10.8. The number of carbonyl (C=O) groups excluding carboxylic acids is 3. The maximum atomic E-state index is 13.1. The summed E-state index contributed by atoms with van der Waals surface area (Å²) in [6.45, 7) is 3.47. The van der Waals surface area contributed by atoms with Crippen molar-refractivity contribution in [2.24, 2.45) is 11.8 Å². The maximum Gasteiger partial charge on any atom is 0.334 e. The van der Waals surface area contributed by atoms with Gasteiger partial charge in [-0.1, -0.05) is 43.2 Å². The van der Waals surface area contributed by atoms with Gasteiger partial charge in [-0.3, -0.25) is 9.59 Å². The van der Waals surface area contributed by atoms with Gasteiger partial charge in [0, 0.05) is 24.4 Å². The Morgan fingerprint density at radius 2 is 1.64 bits per heavy atom. The Kier molecular flexibility index (Phi) is 8.76. The van der Waals surface area contributed by atoms with Crippen molar-refractivity contribution < 1.29 is 23.9 Å². The van der Waals surface area contributed by atoms with E-state index in [1.54, 1.807) is 37.3 Å². The Labute approximate surface area is 212 Å². The lowest BCUT2D eigenvalue weighted by atomic mass is 9.82. The zero-order valence-corrected chi connectivity index (χ0v) is 20.8. The molecule has 0 unspecified atom stereocenters. The van der Waals surface area contributed by atoms with Gasteiger partial charge < -0.3 is 19.7 Å². The number of likely N-dealkylation sites (tertiary alicyclic amines) is 1. The van der Waals surface area contributed by atoms with Crippen molar-refractivity contribution in [3.05, 3.63) is 65.7 Å². The highest BCUT2D eigenvalue weighted by Gasteiger charge is 2.36. The third-order valence-corrected chi connectivity index (χ3v) is 6.86. The van der Waals surface area contributed by atoms with E-state index in [9.17, 15) is 14.4 Å². The zero-order valence-electron chi connectivity index (χ0n) is 20.8. The monoisotopic (exact) mass is 490 g/mol. The largest absolute Gasteiger partial charge is 0.484 e. The Morgan fingerprint density at radius 1 is 0.972 bits per heavy atom. The molecule has 1 heterocycles. The van der Waals surface area contributed by atoms with Crippen LogP contribution in [0.5, 0.6) is 5.75 Å². The minimum absolute atomic E-state index is 0.0203. The van der Waals surface area contributed by atoms with Crippen LogP contribution >= 0.6 is 0 Å². The lowest BCUT2D eigenvalue weighted by Gasteiger charge is -2.22. The zero-order chi connectivity index (χ0) is 25.3. The fourth-order valence-electron chi connectivity index (χ4n) is 5.02. The van der Waals surface area contributed by atoms with Gasteiger partial charge in [-0.25, -0.2) is 4.79 Å². The van der Waals surface area contributed by atoms with Crippen LogP contribution in [0.2, 0.25) is 0 Å². The predicted molar refractivity (Wildman–Crippen MR) is 138 cm³/mol. The van der Waals surface area contributed by atoms with E-state index in [0.717, 1.165) is 18.7 Å². The summed E-state index contributed by atoms with van der Waals surface area (Å²) in [5, 5.41) is 2.77. The van der Waals surface area contributed by atoms with Crippen LogP contribution in [-0.4, -0.2) is 49.0 Å². The van der Waals surface area contributed by atoms with Crippen LogP contribution < -0.4 is 10.1 Å². The van der Waals surface area contributed by atoms with Crippen LogP contribution in [0, 0.1) is 11.8 Å². The van der Waals surface area contributed by atoms with Gasteiger partial charge in [0.2, 0.25) is 5.91 Å². The van der Waals surface area contributed by atoms with E-state index in [1.165, 1.54) is 25.7 Å². The summed E-state index contributed by atoms with van der Waals surface area (Å²) in [5.74, 6) is 0.979. The number of para-hydroxylation sites is 1. The highest BCUT2D eigenvalue weighted by atomic mass is 16.5. The average molecular weight is 491 g/mol. The Bertz CT molecular complexity index is 1070. The molecule has 0 aromatic heterocycles. The van der Waals surface area contributed by atoms with E-state index in [1.807, 2.05) is 35.2 Å². The van der Waals surface area contributed by atoms with Crippen LogP contribution in [0.4, 0.5) is 5.69 Å². The molecule has 0 radical (unpaired) electrons. The number of carbonyl (C=O) groups is 3. The van der Waals surface area contributed by atoms with Gasteiger partial charge in [0.05, 0.1) is 13.0 Å². The minimum atomic E-state index is -0.472. The summed E-state index contributed by atoms with van der Waals surface area (Å²) >= 11 is 0. The second kappa shape index (κ2) is 12.4. The molecule has 1 aliphatic heterocycles. The SMILES string of the molecule is CCOC(=O)/C(=C/c1ccc(OCC(=O)Nc2ccccc2)cc1)CC(=O)N1C[C@H]2CCCC[C@H]2C1. The van der Waals surface area contributed by atoms with Gasteiger partial charge in [-0.05, 0) is 67.5 Å². The number of ether oxygens (including phenoxy) is 2. The molecule has 0 spiro atoms. The predicted octanol–water partition coefficient (Wildman–Crippen LogP) is 4.69. The Hall–Kier alpha value is -3.61. The van der Waals surface area contributed by atoms with Crippen molar-refractivity contribution in [3.63, 3.8) is 0 Å². The molecule has 1 saturated heterocycles. The van der Waals surface area contributed by atoms with E-state index >= 15 is 0 Å². The van der Waals surface area contributed by atoms with Gasteiger partial charge in [-0.15, -0.1) is 0 Å². The molecule has 0 bridgehead atoms. The van der Waals surface area contributed by atoms with Crippen molar-refractivity contribution in [2.75, 3.05) is 31.6 Å². The first kappa shape index (κ1) is 25.5. The standard InChI is InChI=1S/C29H34N2O5/c1-2-35-29(34)24(17-28(33)31-18-22-8-6-7-9-23(22)19-31)16-21-12-14-26(15-13-21)36-20-27(32)30-25-10-4-3-5-11-25/h3-5,10-16,22-23H,2,6-9,17-20H2,1H3,(H,30,32)/b24-16+/t22-,23+. The van der Waals surface area contributed by atoms with Crippen molar-refractivity contribution in [2.45, 2.75) is 39.0 Å². The summed E-state index contributed by atoms with van der Waals surface area (Å²) in [5.41, 5.74) is 1.80. The third-order valence-electron chi connectivity index (χ3n) is 6.86. The smallest absolute Gasteiger partial charge is 0.334 e. The van der Waals surface area contributed by atoms with E-state index < -0.39 is 5.97 Å². The van der Waals surface area contributed by atoms with Crippen LogP contribution in [0.15, 0.2) is 60.2 Å². The van der Waals surface area contributed by atoms with Crippen molar-refractivity contribution >= 4 is 29.5 Å². The quantitative estimate of drug-likeness (QED) is 0.407. The number of hydrogen-bond donors (Lipinski definition) is 1. The molecular formula is C29H34N2O5. The Morgan fingerprint density at radius 3 is 2.28 bits per heavy atom. The number of esters is 1. The van der Waals surface area contributed by atoms with Gasteiger partial charge in [-0.2, -0.15) is 0 Å².